The molecule has 1 atom stereocenters. The number of hydrogen-bond acceptors (Lipinski definition) is 4. The van der Waals surface area contributed by atoms with Crippen LogP contribution >= 0.6 is 0 Å². The van der Waals surface area contributed by atoms with E-state index in [9.17, 15) is 9.59 Å². The minimum atomic E-state index is -0.428. The van der Waals surface area contributed by atoms with E-state index in [1.165, 1.54) is 0 Å². The molecule has 1 aromatic carbocycles. The number of fused-ring (bicyclic) bond motifs is 1. The van der Waals surface area contributed by atoms with Crippen LogP contribution < -0.4 is 5.32 Å². The highest BCUT2D eigenvalue weighted by atomic mass is 16.2. The van der Waals surface area contributed by atoms with Crippen molar-refractivity contribution in [3.8, 4) is 0 Å². The standard InChI is InChI=1S/C15H17N5O2/c1-3-12-16-15(19-18-12)17-13(21)11-8-20(2)14(22)10-7-5-4-6-9(10)11/h4-7,11H,3,8H2,1-2H3,(H2,16,17,18,19,21). The average molecular weight is 299 g/mol. The maximum Gasteiger partial charge on any atom is 0.253 e. The van der Waals surface area contributed by atoms with Crippen LogP contribution in [0.25, 0.3) is 0 Å². The van der Waals surface area contributed by atoms with E-state index in [4.69, 9.17) is 0 Å². The summed E-state index contributed by atoms with van der Waals surface area (Å²) < 4.78 is 0. The molecule has 2 N–H and O–H groups in total. The van der Waals surface area contributed by atoms with Crippen LogP contribution in [0.2, 0.25) is 0 Å². The van der Waals surface area contributed by atoms with Gasteiger partial charge in [0.05, 0.1) is 5.92 Å². The number of carbonyl (C=O) groups is 2. The minimum absolute atomic E-state index is 0.0641. The molecule has 2 aromatic rings. The molecule has 2 amide bonds. The first kappa shape index (κ1) is 14.2. The first-order valence-electron chi connectivity index (χ1n) is 7.16. The van der Waals surface area contributed by atoms with Crippen molar-refractivity contribution in [1.82, 2.24) is 20.1 Å². The number of nitrogens with zero attached hydrogens (tertiary/aromatic N) is 3. The summed E-state index contributed by atoms with van der Waals surface area (Å²) in [6, 6.07) is 7.20. The largest absolute Gasteiger partial charge is 0.341 e. The lowest BCUT2D eigenvalue weighted by atomic mass is 9.89. The normalized spacial score (nSPS) is 17.3. The Morgan fingerprint density at radius 3 is 2.95 bits per heavy atom. The lowest BCUT2D eigenvalue weighted by Crippen LogP contribution is -2.41. The third-order valence-electron chi connectivity index (χ3n) is 3.79. The van der Waals surface area contributed by atoms with Gasteiger partial charge in [-0.15, -0.1) is 5.10 Å². The van der Waals surface area contributed by atoms with E-state index in [-0.39, 0.29) is 17.8 Å². The van der Waals surface area contributed by atoms with Gasteiger partial charge in [-0.05, 0) is 11.6 Å². The molecule has 114 valence electrons. The molecule has 7 nitrogen and oxygen atoms in total. The molecular formula is C15H17N5O2. The molecule has 0 saturated carbocycles. The molecule has 1 aromatic heterocycles. The lowest BCUT2D eigenvalue weighted by molar-refractivity contribution is -0.118. The van der Waals surface area contributed by atoms with E-state index in [2.05, 4.69) is 20.5 Å². The van der Waals surface area contributed by atoms with E-state index in [1.54, 1.807) is 24.1 Å². The van der Waals surface area contributed by atoms with Crippen LogP contribution in [0, 0.1) is 0 Å². The van der Waals surface area contributed by atoms with Crippen LogP contribution in [0.5, 0.6) is 0 Å². The van der Waals surface area contributed by atoms with Gasteiger partial charge in [-0.2, -0.15) is 4.98 Å². The van der Waals surface area contributed by atoms with Crippen molar-refractivity contribution >= 4 is 17.8 Å². The summed E-state index contributed by atoms with van der Waals surface area (Å²) in [5.41, 5.74) is 1.31. The summed E-state index contributed by atoms with van der Waals surface area (Å²) in [6.07, 6.45) is 0.715. The van der Waals surface area contributed by atoms with Gasteiger partial charge in [0, 0.05) is 25.6 Å². The fourth-order valence-corrected chi connectivity index (χ4v) is 2.59. The van der Waals surface area contributed by atoms with Crippen LogP contribution in [0.15, 0.2) is 24.3 Å². The summed E-state index contributed by atoms with van der Waals surface area (Å²) in [7, 11) is 1.69. The number of rotatable bonds is 3. The predicted molar refractivity (Wildman–Crippen MR) is 80.5 cm³/mol. The van der Waals surface area contributed by atoms with Crippen LogP contribution in [0.4, 0.5) is 5.95 Å². The van der Waals surface area contributed by atoms with Gasteiger partial charge in [0.25, 0.3) is 5.91 Å². The van der Waals surface area contributed by atoms with E-state index in [0.717, 1.165) is 5.56 Å². The zero-order chi connectivity index (χ0) is 15.7. The Balaban J connectivity index is 1.86. The van der Waals surface area contributed by atoms with E-state index >= 15 is 0 Å². The number of aryl methyl sites for hydroxylation is 1. The first-order valence-corrected chi connectivity index (χ1v) is 7.16. The van der Waals surface area contributed by atoms with Crippen molar-refractivity contribution in [2.75, 3.05) is 18.9 Å². The molecule has 0 fully saturated rings. The number of likely N-dealkylation sites (N-methyl/N-ethyl adjacent to an activating group) is 1. The molecule has 2 heterocycles. The molecule has 0 radical (unpaired) electrons. The number of carbonyl (C=O) groups excluding carboxylic acids is 2. The minimum Gasteiger partial charge on any atom is -0.341 e. The maximum absolute atomic E-state index is 12.5. The number of aromatic nitrogens is 3. The molecule has 3 rings (SSSR count). The van der Waals surface area contributed by atoms with Gasteiger partial charge < -0.3 is 4.90 Å². The van der Waals surface area contributed by atoms with Gasteiger partial charge in [0.1, 0.15) is 5.82 Å². The van der Waals surface area contributed by atoms with Crippen LogP contribution in [0.1, 0.15) is 34.6 Å². The van der Waals surface area contributed by atoms with Gasteiger partial charge in [-0.1, -0.05) is 25.1 Å². The number of amides is 2. The van der Waals surface area contributed by atoms with Crippen molar-refractivity contribution in [3.05, 3.63) is 41.2 Å². The molecule has 7 heteroatoms. The van der Waals surface area contributed by atoms with Gasteiger partial charge in [-0.25, -0.2) is 0 Å². The SMILES string of the molecule is CCc1nc(NC(=O)C2CN(C)C(=O)c3ccccc32)n[nH]1. The first-order chi connectivity index (χ1) is 10.6. The molecule has 1 unspecified atom stereocenters. The van der Waals surface area contributed by atoms with Crippen molar-refractivity contribution < 1.29 is 9.59 Å². The quantitative estimate of drug-likeness (QED) is 0.890. The maximum atomic E-state index is 12.5. The monoisotopic (exact) mass is 299 g/mol. The van der Waals surface area contributed by atoms with Crippen molar-refractivity contribution in [1.29, 1.82) is 0 Å². The highest BCUT2D eigenvalue weighted by Gasteiger charge is 2.33. The van der Waals surface area contributed by atoms with Crippen LogP contribution in [0.3, 0.4) is 0 Å². The number of hydrogen-bond donors (Lipinski definition) is 2. The molecule has 0 aliphatic carbocycles. The lowest BCUT2D eigenvalue weighted by Gasteiger charge is -2.30. The Labute approximate surface area is 127 Å². The van der Waals surface area contributed by atoms with E-state index < -0.39 is 5.92 Å². The van der Waals surface area contributed by atoms with E-state index in [1.807, 2.05) is 19.1 Å². The highest BCUT2D eigenvalue weighted by molar-refractivity contribution is 6.03. The number of benzene rings is 1. The van der Waals surface area contributed by atoms with Crippen molar-refractivity contribution in [2.24, 2.45) is 0 Å². The molecule has 1 aliphatic rings. The Bertz CT molecular complexity index is 724. The summed E-state index contributed by atoms with van der Waals surface area (Å²) in [6.45, 7) is 2.29. The molecular weight excluding hydrogens is 282 g/mol. The molecule has 1 aliphatic heterocycles. The van der Waals surface area contributed by atoms with Gasteiger partial charge >= 0.3 is 0 Å². The number of anilines is 1. The van der Waals surface area contributed by atoms with Crippen LogP contribution in [-0.2, 0) is 11.2 Å². The zero-order valence-corrected chi connectivity index (χ0v) is 12.5. The molecule has 0 saturated heterocycles. The van der Waals surface area contributed by atoms with Crippen LogP contribution in [-0.4, -0.2) is 45.5 Å². The number of H-pyrrole nitrogens is 1. The number of nitrogens with one attached hydrogen (secondary N) is 2. The van der Waals surface area contributed by atoms with E-state index in [0.29, 0.717) is 24.4 Å². The summed E-state index contributed by atoms with van der Waals surface area (Å²) in [5.74, 6) is 0.271. The Morgan fingerprint density at radius 2 is 2.23 bits per heavy atom. The molecule has 0 bridgehead atoms. The fraction of sp³-hybridized carbons (Fsp3) is 0.333. The number of aromatic amines is 1. The topological polar surface area (TPSA) is 91.0 Å². The van der Waals surface area contributed by atoms with Gasteiger partial charge in [-0.3, -0.25) is 20.0 Å². The Morgan fingerprint density at radius 1 is 1.45 bits per heavy atom. The van der Waals surface area contributed by atoms with Gasteiger partial charge in [0.15, 0.2) is 0 Å². The second-order valence-corrected chi connectivity index (χ2v) is 5.27. The zero-order valence-electron chi connectivity index (χ0n) is 12.5. The smallest absolute Gasteiger partial charge is 0.253 e. The summed E-state index contributed by atoms with van der Waals surface area (Å²) >= 11 is 0. The fourth-order valence-electron chi connectivity index (χ4n) is 2.59. The summed E-state index contributed by atoms with van der Waals surface area (Å²) in [5, 5.41) is 9.43. The highest BCUT2D eigenvalue weighted by Crippen LogP contribution is 2.28. The Kier molecular flexibility index (Phi) is 3.62. The Hall–Kier alpha value is -2.70. The van der Waals surface area contributed by atoms with Gasteiger partial charge in [0.2, 0.25) is 11.9 Å². The second-order valence-electron chi connectivity index (χ2n) is 5.27. The predicted octanol–water partition coefficient (Wildman–Crippen LogP) is 1.17. The third kappa shape index (κ3) is 2.45. The van der Waals surface area contributed by atoms with Crippen molar-refractivity contribution in [2.45, 2.75) is 19.3 Å². The summed E-state index contributed by atoms with van der Waals surface area (Å²) in [4.78, 5) is 30.4. The molecule has 0 spiro atoms. The second kappa shape index (κ2) is 5.59. The third-order valence-corrected chi connectivity index (χ3v) is 3.79. The van der Waals surface area contributed by atoms with Crippen molar-refractivity contribution in [3.63, 3.8) is 0 Å². The average Bonchev–Trinajstić information content (AvgIpc) is 2.98. The molecule has 22 heavy (non-hydrogen) atoms.